The minimum atomic E-state index is -0.114. The zero-order valence-corrected chi connectivity index (χ0v) is 20.1. The summed E-state index contributed by atoms with van der Waals surface area (Å²) in [5, 5.41) is 0. The summed E-state index contributed by atoms with van der Waals surface area (Å²) in [5.41, 5.74) is 4.23. The van der Waals surface area contributed by atoms with Crippen LogP contribution in [0.5, 0.6) is 0 Å². The van der Waals surface area contributed by atoms with Gasteiger partial charge in [0.25, 0.3) is 0 Å². The standard InChI is InChI=1S/C30H35FS/c1-2-4-21-7-8-22(19-21)9-15-27-16-18-30(32-27)28-17-14-26(20-29(28)31)25-12-10-24(11-13-25)23-5-3-6-23/h10-14,16-18,20-23H,2-9,15,19H2,1H3. The Morgan fingerprint density at radius 2 is 1.59 bits per heavy atom. The highest BCUT2D eigenvalue weighted by atomic mass is 32.1. The van der Waals surface area contributed by atoms with Crippen molar-refractivity contribution in [3.8, 4) is 21.6 Å². The van der Waals surface area contributed by atoms with Gasteiger partial charge in [0, 0.05) is 15.3 Å². The lowest BCUT2D eigenvalue weighted by atomic mass is 9.80. The Bertz CT molecular complexity index is 1030. The van der Waals surface area contributed by atoms with E-state index in [0.29, 0.717) is 0 Å². The summed E-state index contributed by atoms with van der Waals surface area (Å²) >= 11 is 1.77. The first-order chi connectivity index (χ1) is 15.7. The van der Waals surface area contributed by atoms with Gasteiger partial charge in [-0.1, -0.05) is 69.4 Å². The topological polar surface area (TPSA) is 0 Å². The molecule has 1 aromatic heterocycles. The van der Waals surface area contributed by atoms with Gasteiger partial charge in [-0.15, -0.1) is 11.3 Å². The van der Waals surface area contributed by atoms with Crippen molar-refractivity contribution in [1.82, 2.24) is 0 Å². The quantitative estimate of drug-likeness (QED) is 0.323. The van der Waals surface area contributed by atoms with Crippen LogP contribution in [0.4, 0.5) is 4.39 Å². The molecular formula is C30H35FS. The van der Waals surface area contributed by atoms with Gasteiger partial charge in [-0.2, -0.15) is 0 Å². The van der Waals surface area contributed by atoms with Crippen molar-refractivity contribution in [3.63, 3.8) is 0 Å². The van der Waals surface area contributed by atoms with Crippen molar-refractivity contribution < 1.29 is 4.39 Å². The van der Waals surface area contributed by atoms with Crippen LogP contribution in [0.25, 0.3) is 21.6 Å². The Hall–Kier alpha value is -1.93. The van der Waals surface area contributed by atoms with E-state index in [4.69, 9.17) is 0 Å². The van der Waals surface area contributed by atoms with Gasteiger partial charge in [0.05, 0.1) is 0 Å². The van der Waals surface area contributed by atoms with Crippen LogP contribution in [0.2, 0.25) is 0 Å². The molecule has 2 atom stereocenters. The van der Waals surface area contributed by atoms with E-state index in [1.54, 1.807) is 17.4 Å². The van der Waals surface area contributed by atoms with E-state index in [2.05, 4.69) is 49.4 Å². The highest BCUT2D eigenvalue weighted by Gasteiger charge is 2.24. The van der Waals surface area contributed by atoms with Gasteiger partial charge < -0.3 is 0 Å². The first-order valence-electron chi connectivity index (χ1n) is 12.7. The molecule has 0 bridgehead atoms. The summed E-state index contributed by atoms with van der Waals surface area (Å²) in [6.07, 6.45) is 13.4. The summed E-state index contributed by atoms with van der Waals surface area (Å²) in [5.74, 6) is 2.48. The van der Waals surface area contributed by atoms with Gasteiger partial charge in [-0.3, -0.25) is 0 Å². The van der Waals surface area contributed by atoms with Gasteiger partial charge in [0.15, 0.2) is 0 Å². The van der Waals surface area contributed by atoms with Crippen LogP contribution in [0.15, 0.2) is 54.6 Å². The Morgan fingerprint density at radius 1 is 0.844 bits per heavy atom. The lowest BCUT2D eigenvalue weighted by Gasteiger charge is -2.25. The number of benzene rings is 2. The number of hydrogen-bond acceptors (Lipinski definition) is 1. The second-order valence-corrected chi connectivity index (χ2v) is 11.3. The number of thiophene rings is 1. The number of aryl methyl sites for hydroxylation is 1. The predicted molar refractivity (Wildman–Crippen MR) is 136 cm³/mol. The minimum Gasteiger partial charge on any atom is -0.206 e. The Labute approximate surface area is 196 Å². The van der Waals surface area contributed by atoms with Gasteiger partial charge in [0.1, 0.15) is 5.82 Å². The minimum absolute atomic E-state index is 0.114. The van der Waals surface area contributed by atoms with Crippen LogP contribution in [0.3, 0.4) is 0 Å². The molecule has 0 spiro atoms. The van der Waals surface area contributed by atoms with Gasteiger partial charge in [-0.25, -0.2) is 4.39 Å². The van der Waals surface area contributed by atoms with E-state index in [-0.39, 0.29) is 5.82 Å². The zero-order valence-electron chi connectivity index (χ0n) is 19.3. The normalized spacial score (nSPS) is 21.1. The molecule has 0 radical (unpaired) electrons. The van der Waals surface area contributed by atoms with Crippen molar-refractivity contribution >= 4 is 11.3 Å². The van der Waals surface area contributed by atoms with E-state index in [1.165, 1.54) is 68.2 Å². The van der Waals surface area contributed by atoms with Crippen molar-refractivity contribution in [2.45, 2.75) is 77.0 Å². The van der Waals surface area contributed by atoms with Crippen LogP contribution in [0, 0.1) is 17.7 Å². The summed E-state index contributed by atoms with van der Waals surface area (Å²) in [4.78, 5) is 2.45. The average molecular weight is 447 g/mol. The molecule has 0 saturated heterocycles. The SMILES string of the molecule is CCCC1CCC(CCc2ccc(-c3ccc(-c4ccc(C5CCC5)cc4)cc3F)s2)C1. The maximum absolute atomic E-state index is 15.1. The van der Waals surface area contributed by atoms with Crippen LogP contribution in [-0.2, 0) is 6.42 Å². The maximum atomic E-state index is 15.1. The fraction of sp³-hybridized carbons (Fsp3) is 0.467. The van der Waals surface area contributed by atoms with Crippen LogP contribution < -0.4 is 0 Å². The lowest BCUT2D eigenvalue weighted by molar-refractivity contribution is 0.420. The molecule has 2 heteroatoms. The summed E-state index contributed by atoms with van der Waals surface area (Å²) < 4.78 is 15.1. The smallest absolute Gasteiger partial charge is 0.132 e. The predicted octanol–water partition coefficient (Wildman–Crippen LogP) is 9.64. The van der Waals surface area contributed by atoms with Gasteiger partial charge in [0.2, 0.25) is 0 Å². The summed E-state index contributed by atoms with van der Waals surface area (Å²) in [7, 11) is 0. The molecule has 5 rings (SSSR count). The molecule has 2 aromatic carbocycles. The van der Waals surface area contributed by atoms with Crippen molar-refractivity contribution in [3.05, 3.63) is 70.9 Å². The molecule has 2 aliphatic rings. The lowest BCUT2D eigenvalue weighted by Crippen LogP contribution is -2.08. The third-order valence-electron chi connectivity index (χ3n) is 7.86. The summed E-state index contributed by atoms with van der Waals surface area (Å²) in [6, 6.07) is 18.8. The fourth-order valence-electron chi connectivity index (χ4n) is 5.70. The Kier molecular flexibility index (Phi) is 6.78. The first-order valence-corrected chi connectivity index (χ1v) is 13.5. The number of hydrogen-bond donors (Lipinski definition) is 0. The van der Waals surface area contributed by atoms with Crippen molar-refractivity contribution in [2.24, 2.45) is 11.8 Å². The third-order valence-corrected chi connectivity index (χ3v) is 9.04. The van der Waals surface area contributed by atoms with Gasteiger partial charge >= 0.3 is 0 Å². The molecule has 0 N–H and O–H groups in total. The van der Waals surface area contributed by atoms with E-state index >= 15 is 4.39 Å². The molecule has 168 valence electrons. The molecule has 0 nitrogen and oxygen atoms in total. The summed E-state index contributed by atoms with van der Waals surface area (Å²) in [6.45, 7) is 2.30. The second-order valence-electron chi connectivity index (χ2n) is 10.1. The van der Waals surface area contributed by atoms with E-state index in [0.717, 1.165) is 45.7 Å². The molecule has 2 unspecified atom stereocenters. The van der Waals surface area contributed by atoms with Crippen LogP contribution in [-0.4, -0.2) is 0 Å². The largest absolute Gasteiger partial charge is 0.206 e. The Morgan fingerprint density at radius 3 is 2.28 bits per heavy atom. The van der Waals surface area contributed by atoms with Crippen molar-refractivity contribution in [2.75, 3.05) is 0 Å². The zero-order chi connectivity index (χ0) is 21.9. The van der Waals surface area contributed by atoms with Crippen LogP contribution in [0.1, 0.15) is 81.1 Å². The second kappa shape index (κ2) is 9.91. The van der Waals surface area contributed by atoms with E-state index < -0.39 is 0 Å². The average Bonchev–Trinajstić information content (AvgIpc) is 3.41. The molecular weight excluding hydrogens is 411 g/mol. The molecule has 2 aliphatic carbocycles. The molecule has 2 saturated carbocycles. The highest BCUT2D eigenvalue weighted by molar-refractivity contribution is 7.15. The maximum Gasteiger partial charge on any atom is 0.132 e. The fourth-order valence-corrected chi connectivity index (χ4v) is 6.75. The molecule has 2 fully saturated rings. The Balaban J connectivity index is 1.22. The van der Waals surface area contributed by atoms with Gasteiger partial charge in [-0.05, 0) is 90.8 Å². The monoisotopic (exact) mass is 446 g/mol. The molecule has 1 heterocycles. The highest BCUT2D eigenvalue weighted by Crippen LogP contribution is 2.39. The first kappa shape index (κ1) is 21.9. The molecule has 32 heavy (non-hydrogen) atoms. The third kappa shape index (κ3) is 4.86. The van der Waals surface area contributed by atoms with Crippen molar-refractivity contribution in [1.29, 1.82) is 0 Å². The number of halogens is 1. The molecule has 0 aliphatic heterocycles. The van der Waals surface area contributed by atoms with Crippen LogP contribution >= 0.6 is 11.3 Å². The van der Waals surface area contributed by atoms with E-state index in [1.807, 2.05) is 6.07 Å². The number of rotatable bonds is 8. The molecule has 3 aromatic rings. The molecule has 0 amide bonds. The van der Waals surface area contributed by atoms with E-state index in [9.17, 15) is 0 Å².